The number of fused-ring (bicyclic) bond motifs is 4. The number of halogens is 4. The molecule has 36 heteroatoms. The molecule has 4 aromatic heterocycles. The Morgan fingerprint density at radius 3 is 0.878 bits per heavy atom. The van der Waals surface area contributed by atoms with Crippen molar-refractivity contribution in [2.45, 2.75) is 156 Å². The van der Waals surface area contributed by atoms with E-state index in [0.717, 1.165) is 109 Å². The fourth-order valence-electron chi connectivity index (χ4n) is 17.8. The van der Waals surface area contributed by atoms with E-state index in [1.165, 1.54) is 80.8 Å². The molecule has 24 nitrogen and oxygen atoms in total. The maximum Gasteiger partial charge on any atom is 0.264 e. The van der Waals surface area contributed by atoms with E-state index in [-0.39, 0.29) is 84.8 Å². The molecule has 12 aromatic carbocycles. The van der Waals surface area contributed by atoms with Gasteiger partial charge in [0, 0.05) is 78.0 Å². The SMILES string of the molecule is C.C.C.C.Cc1ccccc1S(=O)(=O)N1CCc2cc(-c3nc(NC(=O)Cc4cccc(Cl)c4)sc3C)ccc21.Cc1ccccc1S(=O)(=O)N1CCc2cc(-c3nc(NC(=O)Cc4cccc(F)c4)sc3C)ccc21.Cc1ccccc1S(=O)(=O)N1CCc2cc(-c3nc(NC(=O)Cc4ccccc4Cl)sc3C)ccc21.Cc1ccccc1S(=O)(=O)N1CCc2cc(-c3nc(NC(=O)Cc4ccccc4F)sc3C)ccc21. The van der Waals surface area contributed by atoms with Crippen LogP contribution in [0, 0.1) is 67.0 Å². The maximum atomic E-state index is 13.9. The molecule has 0 saturated carbocycles. The van der Waals surface area contributed by atoms with Crippen molar-refractivity contribution in [3.63, 3.8) is 0 Å². The van der Waals surface area contributed by atoms with Gasteiger partial charge in [0.15, 0.2) is 20.5 Å². The minimum absolute atomic E-state index is 0. The van der Waals surface area contributed by atoms with E-state index in [4.69, 9.17) is 23.2 Å². The van der Waals surface area contributed by atoms with Gasteiger partial charge in [-0.05, 0) is 257 Å². The topological polar surface area (TPSA) is 317 Å². The van der Waals surface area contributed by atoms with Gasteiger partial charge < -0.3 is 21.3 Å². The predicted molar refractivity (Wildman–Crippen MR) is 599 cm³/mol. The van der Waals surface area contributed by atoms with Crippen molar-refractivity contribution in [2.75, 3.05) is 64.7 Å². The molecule has 4 aliphatic heterocycles. The van der Waals surface area contributed by atoms with Crippen LogP contribution in [0.25, 0.3) is 45.0 Å². The van der Waals surface area contributed by atoms with E-state index in [1.807, 2.05) is 181 Å². The number of benzene rings is 12. The lowest BCUT2D eigenvalue weighted by molar-refractivity contribution is -0.116. The van der Waals surface area contributed by atoms with Crippen LogP contribution in [-0.4, -0.2) is 103 Å². The van der Waals surface area contributed by atoms with Gasteiger partial charge in [0.25, 0.3) is 40.1 Å². The van der Waals surface area contributed by atoms with E-state index >= 15 is 0 Å². The average Bonchev–Trinajstić information content (AvgIpc) is 1.62. The number of rotatable bonds is 24. The third kappa shape index (κ3) is 24.7. The number of carbonyl (C=O) groups is 4. The van der Waals surface area contributed by atoms with Gasteiger partial charge in [-0.3, -0.25) is 36.4 Å². The summed E-state index contributed by atoms with van der Waals surface area (Å²) in [6.07, 6.45) is 2.80. The van der Waals surface area contributed by atoms with Gasteiger partial charge in [-0.2, -0.15) is 0 Å². The average molecular weight is 2180 g/mol. The monoisotopic (exact) mass is 2180 g/mol. The molecule has 0 unspecified atom stereocenters. The first-order chi connectivity index (χ1) is 68.9. The fourth-order valence-corrected chi connectivity index (χ4v) is 28.5. The number of carbonyl (C=O) groups excluding carboxylic acids is 4. The van der Waals surface area contributed by atoms with Crippen molar-refractivity contribution in [3.05, 3.63) is 375 Å². The molecule has 0 saturated heterocycles. The third-order valence-corrected chi connectivity index (χ3v) is 36.8. The fraction of sp³-hybridized carbons (Fsp3) is 0.214. The van der Waals surface area contributed by atoms with E-state index < -0.39 is 45.9 Å². The van der Waals surface area contributed by atoms with Gasteiger partial charge in [0.1, 0.15) is 11.6 Å². The van der Waals surface area contributed by atoms with Crippen molar-refractivity contribution in [3.8, 4) is 45.0 Å². The van der Waals surface area contributed by atoms with Crippen molar-refractivity contribution < 1.29 is 61.6 Å². The van der Waals surface area contributed by atoms with Crippen LogP contribution in [0.2, 0.25) is 10.0 Å². The lowest BCUT2D eigenvalue weighted by Gasteiger charge is -2.21. The number of aromatic nitrogens is 4. The zero-order chi connectivity index (χ0) is 102. The molecule has 0 atom stereocenters. The molecule has 0 fully saturated rings. The standard InChI is InChI=1S/2C27H24ClN3O3S2.2C27H24FN3O3S2.4CH4/c1-17-7-3-6-10-24(17)36(33,34)31-14-13-20-15-21(11-12-23(20)31)26-18(2)35-27(30-26)29-25(32)16-19-8-4-5-9-22(19)28;1-17-6-3-4-9-24(17)36(33,34)31-13-12-20-16-21(10-11-23(20)31)26-18(2)35-27(30-26)29-25(32)15-19-7-5-8-22(28)14-19;1-17-7-3-6-10-24(17)36(33,34)31-14-13-20-15-21(11-12-23(20)31)26-18(2)35-27(30-26)29-25(32)16-19-8-4-5-9-22(19)28;1-17-6-3-4-9-24(17)36(33,34)31-13-12-20-16-21(10-11-23(20)31)26-18(2)35-27(30-26)29-25(32)15-19-7-5-8-22(28)14-19;;;;/h3-12,15H,13-14,16H2,1-2H3,(H,29,30,32);3-11,14,16H,12-13,15H2,1-2H3,(H,29,30,32);3-12,15H,13-14,16H2,1-2H3,(H,29,30,32);3-11,14,16H,12-13,15H2,1-2H3,(H,29,30,32);4*1H4. The summed E-state index contributed by atoms with van der Waals surface area (Å²) in [5.74, 6) is -1.76. The molecular weight excluding hydrogens is 2070 g/mol. The quantitative estimate of drug-likeness (QED) is 0.0437. The summed E-state index contributed by atoms with van der Waals surface area (Å²) in [6.45, 7) is 16.5. The number of thiazole rings is 4. The first-order valence-electron chi connectivity index (χ1n) is 45.8. The highest BCUT2D eigenvalue weighted by atomic mass is 35.5. The normalized spacial score (nSPS) is 12.7. The van der Waals surface area contributed by atoms with Crippen LogP contribution in [0.4, 0.5) is 52.1 Å². The summed E-state index contributed by atoms with van der Waals surface area (Å²) < 4.78 is 140. The van der Waals surface area contributed by atoms with Crippen molar-refractivity contribution in [1.82, 2.24) is 19.9 Å². The highest BCUT2D eigenvalue weighted by Gasteiger charge is 2.38. The Morgan fingerprint density at radius 1 is 0.311 bits per heavy atom. The number of sulfonamides is 4. The number of hydrogen-bond acceptors (Lipinski definition) is 20. The zero-order valence-corrected chi connectivity index (χ0v) is 87.2. The number of anilines is 8. The number of aryl methyl sites for hydroxylation is 8. The minimum Gasteiger partial charge on any atom is -0.302 e. The number of nitrogens with zero attached hydrogens (tertiary/aromatic N) is 8. The number of hydrogen-bond donors (Lipinski definition) is 4. The number of amides is 4. The van der Waals surface area contributed by atoms with Crippen molar-refractivity contribution in [1.29, 1.82) is 0 Å². The first-order valence-corrected chi connectivity index (χ1v) is 55.6. The van der Waals surface area contributed by atoms with Crippen LogP contribution in [0.5, 0.6) is 0 Å². The summed E-state index contributed by atoms with van der Waals surface area (Å²) in [5, 5.41) is 14.4. The van der Waals surface area contributed by atoms with Gasteiger partial charge in [-0.25, -0.2) is 62.4 Å². The molecule has 148 heavy (non-hydrogen) atoms. The lowest BCUT2D eigenvalue weighted by Crippen LogP contribution is -2.29. The first kappa shape index (κ1) is 112. The molecule has 768 valence electrons. The van der Waals surface area contributed by atoms with E-state index in [2.05, 4.69) is 41.2 Å². The molecule has 4 amide bonds. The highest BCUT2D eigenvalue weighted by Crippen LogP contribution is 2.45. The molecule has 0 radical (unpaired) electrons. The number of nitrogens with one attached hydrogen (secondary N) is 4. The summed E-state index contributed by atoms with van der Waals surface area (Å²) in [4.78, 5) is 73.6. The van der Waals surface area contributed by atoms with Gasteiger partial charge in [0.2, 0.25) is 23.6 Å². The zero-order valence-electron chi connectivity index (χ0n) is 79.1. The van der Waals surface area contributed by atoms with Crippen molar-refractivity contribution in [2.24, 2.45) is 0 Å². The molecule has 8 heterocycles. The van der Waals surface area contributed by atoms with Crippen LogP contribution in [0.3, 0.4) is 0 Å². The van der Waals surface area contributed by atoms with E-state index in [0.29, 0.717) is 147 Å². The molecule has 16 aromatic rings. The smallest absolute Gasteiger partial charge is 0.264 e. The Bertz CT molecular complexity index is 7750. The summed E-state index contributed by atoms with van der Waals surface area (Å²) >= 11 is 17.7. The van der Waals surface area contributed by atoms with E-state index in [1.54, 1.807) is 123 Å². The van der Waals surface area contributed by atoms with Crippen LogP contribution in [-0.2, 0) is 111 Å². The molecule has 4 aliphatic rings. The van der Waals surface area contributed by atoms with Crippen LogP contribution in [0.1, 0.15) is 116 Å². The summed E-state index contributed by atoms with van der Waals surface area (Å²) in [7, 11) is -14.6. The second-order valence-corrected chi connectivity index (χ2v) is 47.8. The third-order valence-electron chi connectivity index (χ3n) is 24.8. The van der Waals surface area contributed by atoms with Crippen molar-refractivity contribution >= 4 is 176 Å². The van der Waals surface area contributed by atoms with Gasteiger partial charge in [-0.15, -0.1) is 45.3 Å². The Labute approximate surface area is 890 Å². The largest absolute Gasteiger partial charge is 0.302 e. The predicted octanol–water partition coefficient (Wildman–Crippen LogP) is 25.6. The molecular formula is C112H112Cl2F2N12O12S8. The molecule has 0 bridgehead atoms. The Morgan fingerprint density at radius 2 is 0.581 bits per heavy atom. The highest BCUT2D eigenvalue weighted by molar-refractivity contribution is 7.94. The molecule has 4 N–H and O–H groups in total. The van der Waals surface area contributed by atoms with Gasteiger partial charge in [-0.1, -0.05) is 211 Å². The van der Waals surface area contributed by atoms with Gasteiger partial charge in [0.05, 0.1) is 90.8 Å². The van der Waals surface area contributed by atoms with Crippen LogP contribution >= 0.6 is 68.5 Å². The maximum absolute atomic E-state index is 13.9. The Kier molecular flexibility index (Phi) is 35.7. The molecule has 0 aliphatic carbocycles. The van der Waals surface area contributed by atoms with Crippen LogP contribution in [0.15, 0.2) is 287 Å². The summed E-state index contributed by atoms with van der Waals surface area (Å²) in [5.41, 5.74) is 18.5. The lowest BCUT2D eigenvalue weighted by atomic mass is 10.1. The Hall–Kier alpha value is -13.5. The minimum atomic E-state index is -3.66. The molecule has 20 rings (SSSR count). The molecule has 0 spiro atoms. The Balaban J connectivity index is 0.000000163. The second-order valence-electron chi connectivity index (χ2n) is 34.8. The van der Waals surface area contributed by atoms with Crippen LogP contribution < -0.4 is 38.5 Å². The second kappa shape index (κ2) is 47.3. The van der Waals surface area contributed by atoms with E-state index in [9.17, 15) is 61.6 Å². The van der Waals surface area contributed by atoms with Gasteiger partial charge >= 0.3 is 0 Å². The summed E-state index contributed by atoms with van der Waals surface area (Å²) in [6, 6.07) is 77.5.